The first kappa shape index (κ1) is 13.4. The second-order valence-electron chi connectivity index (χ2n) is 2.88. The third-order valence-electron chi connectivity index (χ3n) is 1.72. The predicted octanol–water partition coefficient (Wildman–Crippen LogP) is 2.25. The predicted molar refractivity (Wildman–Crippen MR) is 65.9 cm³/mol. The SMILES string of the molecule is CCOC(=O)N(CCCO)c1nc(Br)cs1. The summed E-state index contributed by atoms with van der Waals surface area (Å²) >= 11 is 4.58. The lowest BCUT2D eigenvalue weighted by Gasteiger charge is -2.18. The van der Waals surface area contributed by atoms with Gasteiger partial charge in [-0.3, -0.25) is 4.90 Å². The van der Waals surface area contributed by atoms with Crippen molar-refractivity contribution in [2.45, 2.75) is 13.3 Å². The molecule has 0 aliphatic heterocycles. The minimum atomic E-state index is -0.433. The van der Waals surface area contributed by atoms with Crippen LogP contribution in [-0.4, -0.2) is 35.9 Å². The fraction of sp³-hybridized carbons (Fsp3) is 0.556. The molecule has 0 atom stereocenters. The molecule has 90 valence electrons. The number of nitrogens with zero attached hydrogens (tertiary/aromatic N) is 2. The van der Waals surface area contributed by atoms with Gasteiger partial charge in [-0.05, 0) is 29.3 Å². The van der Waals surface area contributed by atoms with Crippen LogP contribution in [0.4, 0.5) is 9.93 Å². The van der Waals surface area contributed by atoms with Crippen LogP contribution in [0, 0.1) is 0 Å². The number of aliphatic hydroxyl groups is 1. The number of rotatable bonds is 5. The maximum absolute atomic E-state index is 11.6. The molecule has 0 spiro atoms. The quantitative estimate of drug-likeness (QED) is 0.906. The number of aromatic nitrogens is 1. The van der Waals surface area contributed by atoms with E-state index < -0.39 is 6.09 Å². The zero-order chi connectivity index (χ0) is 12.0. The first-order chi connectivity index (χ1) is 7.69. The van der Waals surface area contributed by atoms with E-state index in [-0.39, 0.29) is 6.61 Å². The standard InChI is InChI=1S/C9H13BrN2O3S/c1-2-15-9(14)12(4-3-5-13)8-11-7(10)6-16-8/h6,13H,2-5H2,1H3. The van der Waals surface area contributed by atoms with Crippen molar-refractivity contribution in [1.82, 2.24) is 4.98 Å². The highest BCUT2D eigenvalue weighted by molar-refractivity contribution is 9.10. The highest BCUT2D eigenvalue weighted by Crippen LogP contribution is 2.24. The van der Waals surface area contributed by atoms with Gasteiger partial charge in [0.05, 0.1) is 6.61 Å². The number of thiazole rings is 1. The molecule has 0 aliphatic carbocycles. The summed E-state index contributed by atoms with van der Waals surface area (Å²) in [6.45, 7) is 2.50. The normalized spacial score (nSPS) is 10.2. The molecule has 5 nitrogen and oxygen atoms in total. The summed E-state index contributed by atoms with van der Waals surface area (Å²) in [6.07, 6.45) is 0.0635. The van der Waals surface area contributed by atoms with E-state index in [1.54, 1.807) is 12.3 Å². The number of aliphatic hydroxyl groups excluding tert-OH is 1. The van der Waals surface area contributed by atoms with Crippen LogP contribution in [0.1, 0.15) is 13.3 Å². The number of halogens is 1. The highest BCUT2D eigenvalue weighted by Gasteiger charge is 2.19. The van der Waals surface area contributed by atoms with Crippen molar-refractivity contribution in [2.75, 3.05) is 24.7 Å². The van der Waals surface area contributed by atoms with Crippen LogP contribution in [0.5, 0.6) is 0 Å². The van der Waals surface area contributed by atoms with Gasteiger partial charge in [0, 0.05) is 18.5 Å². The largest absolute Gasteiger partial charge is 0.449 e. The van der Waals surface area contributed by atoms with Crippen molar-refractivity contribution in [3.8, 4) is 0 Å². The topological polar surface area (TPSA) is 62.7 Å². The molecule has 0 radical (unpaired) electrons. The Morgan fingerprint density at radius 2 is 2.50 bits per heavy atom. The molecule has 1 aromatic heterocycles. The van der Waals surface area contributed by atoms with E-state index in [1.807, 2.05) is 0 Å². The smallest absolute Gasteiger partial charge is 0.416 e. The summed E-state index contributed by atoms with van der Waals surface area (Å²) in [6, 6.07) is 0. The average Bonchev–Trinajstić information content (AvgIpc) is 2.66. The van der Waals surface area contributed by atoms with Gasteiger partial charge >= 0.3 is 6.09 Å². The molecule has 0 fully saturated rings. The minimum Gasteiger partial charge on any atom is -0.449 e. The Balaban J connectivity index is 2.74. The maximum Gasteiger partial charge on any atom is 0.416 e. The number of carbonyl (C=O) groups is 1. The number of anilines is 1. The Morgan fingerprint density at radius 3 is 3.00 bits per heavy atom. The second kappa shape index (κ2) is 6.82. The molecule has 16 heavy (non-hydrogen) atoms. The van der Waals surface area contributed by atoms with Crippen molar-refractivity contribution in [2.24, 2.45) is 0 Å². The van der Waals surface area contributed by atoms with Crippen molar-refractivity contribution < 1.29 is 14.6 Å². The van der Waals surface area contributed by atoms with Crippen molar-refractivity contribution in [1.29, 1.82) is 0 Å². The molecule has 1 amide bonds. The molecule has 0 saturated heterocycles. The number of ether oxygens (including phenoxy) is 1. The van der Waals surface area contributed by atoms with E-state index in [4.69, 9.17) is 9.84 Å². The number of amides is 1. The minimum absolute atomic E-state index is 0.0302. The molecular formula is C9H13BrN2O3S. The van der Waals surface area contributed by atoms with Gasteiger partial charge in [0.15, 0.2) is 5.13 Å². The average molecular weight is 309 g/mol. The van der Waals surface area contributed by atoms with Gasteiger partial charge in [0.2, 0.25) is 0 Å². The van der Waals surface area contributed by atoms with Gasteiger partial charge < -0.3 is 9.84 Å². The number of hydrogen-bond donors (Lipinski definition) is 1. The summed E-state index contributed by atoms with van der Waals surface area (Å²) in [7, 11) is 0. The van der Waals surface area contributed by atoms with E-state index in [1.165, 1.54) is 16.2 Å². The zero-order valence-electron chi connectivity index (χ0n) is 8.85. The lowest BCUT2D eigenvalue weighted by Crippen LogP contribution is -2.32. The Kier molecular flexibility index (Phi) is 5.72. The fourth-order valence-electron chi connectivity index (χ4n) is 1.06. The zero-order valence-corrected chi connectivity index (χ0v) is 11.3. The first-order valence-electron chi connectivity index (χ1n) is 4.85. The van der Waals surface area contributed by atoms with Crippen molar-refractivity contribution in [3.63, 3.8) is 0 Å². The van der Waals surface area contributed by atoms with Crippen LogP contribution in [0.3, 0.4) is 0 Å². The lowest BCUT2D eigenvalue weighted by atomic mass is 10.4. The molecule has 0 bridgehead atoms. The Labute approximate surface area is 106 Å². The molecular weight excluding hydrogens is 296 g/mol. The summed E-state index contributed by atoms with van der Waals surface area (Å²) in [5, 5.41) is 11.1. The lowest BCUT2D eigenvalue weighted by molar-refractivity contribution is 0.159. The third-order valence-corrected chi connectivity index (χ3v) is 3.30. The van der Waals surface area contributed by atoms with E-state index in [0.29, 0.717) is 29.3 Å². The van der Waals surface area contributed by atoms with Gasteiger partial charge in [-0.2, -0.15) is 0 Å². The van der Waals surface area contributed by atoms with Gasteiger partial charge in [-0.25, -0.2) is 9.78 Å². The Hall–Kier alpha value is -0.660. The summed E-state index contributed by atoms with van der Waals surface area (Å²) in [5.74, 6) is 0. The maximum atomic E-state index is 11.6. The molecule has 0 unspecified atom stereocenters. The first-order valence-corrected chi connectivity index (χ1v) is 6.52. The van der Waals surface area contributed by atoms with Gasteiger partial charge in [0.1, 0.15) is 4.60 Å². The molecule has 1 aromatic rings. The number of carbonyl (C=O) groups excluding carboxylic acids is 1. The Bertz CT molecular complexity index is 345. The molecule has 0 saturated carbocycles. The van der Waals surface area contributed by atoms with Crippen LogP contribution in [0.15, 0.2) is 9.98 Å². The molecule has 0 aliphatic rings. The monoisotopic (exact) mass is 308 g/mol. The molecule has 1 heterocycles. The summed E-state index contributed by atoms with van der Waals surface area (Å²) in [5.41, 5.74) is 0. The van der Waals surface area contributed by atoms with E-state index >= 15 is 0 Å². The van der Waals surface area contributed by atoms with Gasteiger partial charge in [-0.15, -0.1) is 11.3 Å². The van der Waals surface area contributed by atoms with Gasteiger partial charge in [-0.1, -0.05) is 0 Å². The third kappa shape index (κ3) is 3.73. The van der Waals surface area contributed by atoms with E-state index in [9.17, 15) is 4.79 Å². The van der Waals surface area contributed by atoms with Crippen molar-refractivity contribution >= 4 is 38.5 Å². The molecule has 1 N–H and O–H groups in total. The fourth-order valence-corrected chi connectivity index (χ4v) is 2.33. The van der Waals surface area contributed by atoms with E-state index in [0.717, 1.165) is 0 Å². The summed E-state index contributed by atoms with van der Waals surface area (Å²) in [4.78, 5) is 17.2. The molecule has 0 aromatic carbocycles. The van der Waals surface area contributed by atoms with E-state index in [2.05, 4.69) is 20.9 Å². The van der Waals surface area contributed by atoms with Crippen molar-refractivity contribution in [3.05, 3.63) is 9.98 Å². The van der Waals surface area contributed by atoms with Crippen LogP contribution in [-0.2, 0) is 4.74 Å². The van der Waals surface area contributed by atoms with Gasteiger partial charge in [0.25, 0.3) is 0 Å². The number of hydrogen-bond acceptors (Lipinski definition) is 5. The molecule has 7 heteroatoms. The molecule has 1 rings (SSSR count). The highest BCUT2D eigenvalue weighted by atomic mass is 79.9. The van der Waals surface area contributed by atoms with Crippen LogP contribution in [0.2, 0.25) is 0 Å². The van der Waals surface area contributed by atoms with Crippen LogP contribution >= 0.6 is 27.3 Å². The second-order valence-corrected chi connectivity index (χ2v) is 4.53. The van der Waals surface area contributed by atoms with Crippen LogP contribution < -0.4 is 4.90 Å². The van der Waals surface area contributed by atoms with Crippen LogP contribution in [0.25, 0.3) is 0 Å². The Morgan fingerprint density at radius 1 is 1.75 bits per heavy atom. The summed E-state index contributed by atoms with van der Waals surface area (Å²) < 4.78 is 5.61.